The van der Waals surface area contributed by atoms with E-state index in [1.165, 1.54) is 0 Å². The van der Waals surface area contributed by atoms with Gasteiger partial charge in [-0.2, -0.15) is 0 Å². The maximum atomic E-state index is 13.2. The molecule has 0 unspecified atom stereocenters. The van der Waals surface area contributed by atoms with Crippen molar-refractivity contribution < 1.29 is 13.6 Å². The van der Waals surface area contributed by atoms with Gasteiger partial charge in [0, 0.05) is 25.0 Å². The molecule has 0 radical (unpaired) electrons. The summed E-state index contributed by atoms with van der Waals surface area (Å²) < 4.78 is 26.3. The number of carbonyl (C=O) groups is 1. The molecule has 1 heterocycles. The van der Waals surface area contributed by atoms with Crippen LogP contribution in [0.2, 0.25) is 0 Å². The Kier molecular flexibility index (Phi) is 3.36. The lowest BCUT2D eigenvalue weighted by molar-refractivity contribution is -0.127. The molecule has 17 heavy (non-hydrogen) atoms. The molecular weight excluding hydrogens is 226 g/mol. The summed E-state index contributed by atoms with van der Waals surface area (Å²) in [5.41, 5.74) is 0. The molecular formula is C12H14F2N2O. The van der Waals surface area contributed by atoms with E-state index in [1.807, 2.05) is 0 Å². The number of anilines is 1. The normalized spacial score (nSPS) is 23.1. The number of nitrogens with one attached hydrogen (secondary N) is 1. The summed E-state index contributed by atoms with van der Waals surface area (Å²) >= 11 is 0. The smallest absolute Gasteiger partial charge is 0.248 e. The van der Waals surface area contributed by atoms with Crippen molar-refractivity contribution >= 4 is 11.7 Å². The van der Waals surface area contributed by atoms with Gasteiger partial charge in [0.1, 0.15) is 5.82 Å². The lowest BCUT2D eigenvalue weighted by Crippen LogP contribution is -2.33. The average Bonchev–Trinajstić information content (AvgIpc) is 2.29. The van der Waals surface area contributed by atoms with Crippen molar-refractivity contribution in [1.29, 1.82) is 0 Å². The molecule has 92 valence electrons. The van der Waals surface area contributed by atoms with E-state index in [4.69, 9.17) is 0 Å². The Morgan fingerprint density at radius 3 is 2.94 bits per heavy atom. The zero-order chi connectivity index (χ0) is 12.3. The molecule has 1 aliphatic rings. The Bertz CT molecular complexity index is 395. The van der Waals surface area contributed by atoms with Crippen molar-refractivity contribution in [2.45, 2.75) is 31.6 Å². The highest BCUT2D eigenvalue weighted by Crippen LogP contribution is 2.36. The molecule has 3 nitrogen and oxygen atoms in total. The van der Waals surface area contributed by atoms with Gasteiger partial charge in [-0.25, -0.2) is 13.8 Å². The Morgan fingerprint density at radius 2 is 2.29 bits per heavy atom. The first kappa shape index (κ1) is 12.0. The van der Waals surface area contributed by atoms with E-state index in [2.05, 4.69) is 10.3 Å². The second-order valence-corrected chi connectivity index (χ2v) is 4.35. The highest BCUT2D eigenvalue weighted by molar-refractivity contribution is 5.91. The van der Waals surface area contributed by atoms with Crippen LogP contribution in [-0.4, -0.2) is 16.8 Å². The van der Waals surface area contributed by atoms with Crippen molar-refractivity contribution in [3.8, 4) is 0 Å². The Balaban J connectivity index is 1.96. The summed E-state index contributed by atoms with van der Waals surface area (Å²) in [6.07, 6.45) is 2.00. The third kappa shape index (κ3) is 3.22. The molecule has 2 rings (SSSR count). The van der Waals surface area contributed by atoms with Crippen LogP contribution >= 0.6 is 0 Å². The Labute approximate surface area is 98.2 Å². The van der Waals surface area contributed by atoms with Crippen LogP contribution in [-0.2, 0) is 4.79 Å². The van der Waals surface area contributed by atoms with Gasteiger partial charge < -0.3 is 5.32 Å². The van der Waals surface area contributed by atoms with Crippen LogP contribution < -0.4 is 5.32 Å². The third-order valence-corrected chi connectivity index (χ3v) is 2.93. The standard InChI is InChI=1S/C12H14F2N2O/c13-12(14)6-3-4-9(8-12)11(17)16-10-5-1-2-7-15-10/h1-2,5,7,9H,3-4,6,8H2,(H,15,16,17)/t9-/m1/s1. The number of alkyl halides is 2. The van der Waals surface area contributed by atoms with Crippen LogP contribution in [0.4, 0.5) is 14.6 Å². The Morgan fingerprint density at radius 1 is 1.47 bits per heavy atom. The van der Waals surface area contributed by atoms with Crippen LogP contribution in [0, 0.1) is 5.92 Å². The second-order valence-electron chi connectivity index (χ2n) is 4.35. The molecule has 1 aromatic rings. The molecule has 0 aliphatic heterocycles. The van der Waals surface area contributed by atoms with Crippen molar-refractivity contribution in [1.82, 2.24) is 4.98 Å². The van der Waals surface area contributed by atoms with Crippen LogP contribution in [0.25, 0.3) is 0 Å². The number of hydrogen-bond donors (Lipinski definition) is 1. The molecule has 1 saturated carbocycles. The number of rotatable bonds is 2. The molecule has 1 aromatic heterocycles. The van der Waals surface area contributed by atoms with Crippen molar-refractivity contribution in [2.75, 3.05) is 5.32 Å². The van der Waals surface area contributed by atoms with E-state index in [9.17, 15) is 13.6 Å². The van der Waals surface area contributed by atoms with Crippen LogP contribution in [0.3, 0.4) is 0 Å². The predicted octanol–water partition coefficient (Wildman–Crippen LogP) is 2.85. The zero-order valence-corrected chi connectivity index (χ0v) is 9.33. The van der Waals surface area contributed by atoms with E-state index < -0.39 is 11.8 Å². The second kappa shape index (κ2) is 4.77. The minimum atomic E-state index is -2.70. The lowest BCUT2D eigenvalue weighted by Gasteiger charge is -2.27. The SMILES string of the molecule is O=C(Nc1ccccn1)[C@@H]1CCCC(F)(F)C1. The van der Waals surface area contributed by atoms with Crippen molar-refractivity contribution in [3.05, 3.63) is 24.4 Å². The first-order chi connectivity index (χ1) is 8.07. The molecule has 0 saturated heterocycles. The first-order valence-electron chi connectivity index (χ1n) is 5.66. The topological polar surface area (TPSA) is 42.0 Å². The van der Waals surface area contributed by atoms with E-state index in [0.717, 1.165) is 0 Å². The fraction of sp³-hybridized carbons (Fsp3) is 0.500. The van der Waals surface area contributed by atoms with E-state index >= 15 is 0 Å². The number of amides is 1. The number of aromatic nitrogens is 1. The molecule has 1 amide bonds. The summed E-state index contributed by atoms with van der Waals surface area (Å²) in [6.45, 7) is 0. The molecule has 0 spiro atoms. The zero-order valence-electron chi connectivity index (χ0n) is 9.33. The average molecular weight is 240 g/mol. The molecule has 1 aliphatic carbocycles. The monoisotopic (exact) mass is 240 g/mol. The van der Waals surface area contributed by atoms with Crippen molar-refractivity contribution in [3.63, 3.8) is 0 Å². The van der Waals surface area contributed by atoms with Gasteiger partial charge in [0.25, 0.3) is 0 Å². The first-order valence-corrected chi connectivity index (χ1v) is 5.66. The predicted molar refractivity (Wildman–Crippen MR) is 59.8 cm³/mol. The maximum absolute atomic E-state index is 13.2. The maximum Gasteiger partial charge on any atom is 0.248 e. The lowest BCUT2D eigenvalue weighted by atomic mass is 9.86. The van der Waals surface area contributed by atoms with Crippen LogP contribution in [0.1, 0.15) is 25.7 Å². The summed E-state index contributed by atoms with van der Waals surface area (Å²) in [7, 11) is 0. The minimum absolute atomic E-state index is 0.111. The quantitative estimate of drug-likeness (QED) is 0.863. The number of halogens is 2. The van der Waals surface area contributed by atoms with Gasteiger partial charge in [0.05, 0.1) is 0 Å². The van der Waals surface area contributed by atoms with Crippen LogP contribution in [0.15, 0.2) is 24.4 Å². The summed E-state index contributed by atoms with van der Waals surface area (Å²) in [4.78, 5) is 15.7. The van der Waals surface area contributed by atoms with E-state index in [-0.39, 0.29) is 18.7 Å². The number of nitrogens with zero attached hydrogens (tertiary/aromatic N) is 1. The number of pyridine rings is 1. The summed E-state index contributed by atoms with van der Waals surface area (Å²) in [6, 6.07) is 5.10. The molecule has 1 N–H and O–H groups in total. The third-order valence-electron chi connectivity index (χ3n) is 2.93. The van der Waals surface area contributed by atoms with Gasteiger partial charge >= 0.3 is 0 Å². The van der Waals surface area contributed by atoms with Crippen LogP contribution in [0.5, 0.6) is 0 Å². The largest absolute Gasteiger partial charge is 0.310 e. The molecule has 1 fully saturated rings. The molecule has 5 heteroatoms. The molecule has 0 aromatic carbocycles. The van der Waals surface area contributed by atoms with Gasteiger partial charge in [-0.05, 0) is 25.0 Å². The van der Waals surface area contributed by atoms with E-state index in [1.54, 1.807) is 24.4 Å². The molecule has 0 bridgehead atoms. The van der Waals surface area contributed by atoms with Gasteiger partial charge in [-0.3, -0.25) is 4.79 Å². The summed E-state index contributed by atoms with van der Waals surface area (Å²) in [5.74, 6) is -3.26. The summed E-state index contributed by atoms with van der Waals surface area (Å²) in [5, 5.41) is 2.57. The highest BCUT2D eigenvalue weighted by atomic mass is 19.3. The highest BCUT2D eigenvalue weighted by Gasteiger charge is 2.39. The van der Waals surface area contributed by atoms with Gasteiger partial charge in [0.15, 0.2) is 0 Å². The minimum Gasteiger partial charge on any atom is -0.310 e. The fourth-order valence-corrected chi connectivity index (χ4v) is 2.06. The number of hydrogen-bond acceptors (Lipinski definition) is 2. The Hall–Kier alpha value is -1.52. The fourth-order valence-electron chi connectivity index (χ4n) is 2.06. The van der Waals surface area contributed by atoms with E-state index in [0.29, 0.717) is 18.7 Å². The van der Waals surface area contributed by atoms with Gasteiger partial charge in [-0.15, -0.1) is 0 Å². The van der Waals surface area contributed by atoms with Gasteiger partial charge in [-0.1, -0.05) is 6.07 Å². The molecule has 1 atom stereocenters. The number of carbonyl (C=O) groups excluding carboxylic acids is 1. The van der Waals surface area contributed by atoms with Gasteiger partial charge in [0.2, 0.25) is 11.8 Å². The van der Waals surface area contributed by atoms with Crippen molar-refractivity contribution in [2.24, 2.45) is 5.92 Å².